The monoisotopic (exact) mass is 480 g/mol. The number of carbonyl (C=O) groups is 1. The van der Waals surface area contributed by atoms with E-state index in [9.17, 15) is 9.90 Å². The van der Waals surface area contributed by atoms with Gasteiger partial charge in [0.05, 0.1) is 13.2 Å². The van der Waals surface area contributed by atoms with Gasteiger partial charge in [-0.25, -0.2) is 4.98 Å². The smallest absolute Gasteiger partial charge is 0.270 e. The second-order valence-electron chi connectivity index (χ2n) is 9.02. The highest BCUT2D eigenvalue weighted by molar-refractivity contribution is 5.93. The number of ether oxygens (including phenoxy) is 1. The van der Waals surface area contributed by atoms with Crippen molar-refractivity contribution in [2.75, 3.05) is 19.8 Å². The lowest BCUT2D eigenvalue weighted by Gasteiger charge is -2.26. The summed E-state index contributed by atoms with van der Waals surface area (Å²) in [5.41, 5.74) is 2.54. The van der Waals surface area contributed by atoms with Gasteiger partial charge in [0, 0.05) is 24.4 Å². The average Bonchev–Trinajstić information content (AvgIpc) is 3.35. The summed E-state index contributed by atoms with van der Waals surface area (Å²) < 4.78 is 5.42. The Labute approximate surface area is 204 Å². The fraction of sp³-hybridized carbons (Fsp3) is 0.480. The van der Waals surface area contributed by atoms with Crippen LogP contribution < -0.4 is 10.1 Å². The summed E-state index contributed by atoms with van der Waals surface area (Å²) in [6.45, 7) is 3.26. The molecule has 1 amide bonds. The maximum atomic E-state index is 12.8. The van der Waals surface area contributed by atoms with Crippen molar-refractivity contribution >= 4 is 5.91 Å². The first kappa shape index (κ1) is 24.7. The lowest BCUT2D eigenvalue weighted by Crippen LogP contribution is -2.24. The number of aryl methyl sites for hydroxylation is 1. The third-order valence-electron chi connectivity index (χ3n) is 6.25. The number of aliphatic hydroxyl groups excluding tert-OH is 2. The summed E-state index contributed by atoms with van der Waals surface area (Å²) in [5.74, 6) is 1.69. The number of hydrogen-bond donors (Lipinski definition) is 3. The number of rotatable bonds is 10. The molecular formula is C25H32N6O4. The molecule has 0 spiro atoms. The summed E-state index contributed by atoms with van der Waals surface area (Å²) in [4.78, 5) is 18.8. The molecule has 35 heavy (non-hydrogen) atoms. The molecule has 3 aromatic rings. The number of aromatic nitrogens is 5. The zero-order valence-corrected chi connectivity index (χ0v) is 19.9. The van der Waals surface area contributed by atoms with Crippen LogP contribution in [0.2, 0.25) is 0 Å². The normalized spacial score (nSPS) is 17.8. The minimum atomic E-state index is -0.301. The van der Waals surface area contributed by atoms with Gasteiger partial charge in [0.25, 0.3) is 5.91 Å². The SMILES string of the molecule is Cc1cc(-c2nnn(C[C@H]3CC[C@H](CO)CC3)n2)cc(C(=O)NCc2cccc(OCCO)c2)n1. The Kier molecular flexibility index (Phi) is 8.38. The molecule has 186 valence electrons. The van der Waals surface area contributed by atoms with E-state index in [2.05, 4.69) is 25.7 Å². The molecule has 1 aliphatic rings. The summed E-state index contributed by atoms with van der Waals surface area (Å²) in [7, 11) is 0. The molecule has 1 aliphatic carbocycles. The van der Waals surface area contributed by atoms with Gasteiger partial charge in [0.15, 0.2) is 0 Å². The van der Waals surface area contributed by atoms with Crippen LogP contribution in [-0.4, -0.2) is 61.1 Å². The molecule has 0 aliphatic heterocycles. The summed E-state index contributed by atoms with van der Waals surface area (Å²) >= 11 is 0. The Morgan fingerprint density at radius 3 is 2.71 bits per heavy atom. The Bertz CT molecular complexity index is 1130. The molecule has 10 heteroatoms. The standard InChI is InChI=1S/C25H32N6O4/c1-17-11-21(24-28-30-31(29-24)15-18-5-7-19(16-33)8-6-18)13-23(27-17)25(34)26-14-20-3-2-4-22(12-20)35-10-9-32/h2-4,11-13,18-19,32-33H,5-10,14-16H2,1H3,(H,26,34)/t18-,19-. The van der Waals surface area contributed by atoms with Crippen molar-refractivity contribution in [3.8, 4) is 17.1 Å². The maximum absolute atomic E-state index is 12.8. The molecule has 3 N–H and O–H groups in total. The first-order chi connectivity index (χ1) is 17.0. The molecule has 0 atom stereocenters. The molecule has 1 fully saturated rings. The lowest BCUT2D eigenvalue weighted by molar-refractivity contribution is 0.0945. The number of nitrogens with one attached hydrogen (secondary N) is 1. The number of hydrogen-bond acceptors (Lipinski definition) is 8. The Morgan fingerprint density at radius 1 is 1.14 bits per heavy atom. The van der Waals surface area contributed by atoms with Crippen molar-refractivity contribution in [1.29, 1.82) is 0 Å². The molecule has 0 saturated heterocycles. The Balaban J connectivity index is 1.38. The minimum Gasteiger partial charge on any atom is -0.491 e. The molecule has 0 unspecified atom stereocenters. The number of pyridine rings is 1. The molecule has 0 bridgehead atoms. The van der Waals surface area contributed by atoms with Gasteiger partial charge in [0.1, 0.15) is 18.1 Å². The van der Waals surface area contributed by atoms with E-state index < -0.39 is 0 Å². The quantitative estimate of drug-likeness (QED) is 0.402. The van der Waals surface area contributed by atoms with Crippen LogP contribution in [0, 0.1) is 18.8 Å². The summed E-state index contributed by atoms with van der Waals surface area (Å²) in [5, 5.41) is 34.1. The zero-order valence-electron chi connectivity index (χ0n) is 19.9. The first-order valence-corrected chi connectivity index (χ1v) is 12.0. The zero-order chi connectivity index (χ0) is 24.6. The van der Waals surface area contributed by atoms with Crippen LogP contribution in [0.1, 0.15) is 47.4 Å². The summed E-state index contributed by atoms with van der Waals surface area (Å²) in [6.07, 6.45) is 4.17. The molecule has 10 nitrogen and oxygen atoms in total. The predicted octanol–water partition coefficient (Wildman–Crippen LogP) is 2.14. The number of nitrogens with zero attached hydrogens (tertiary/aromatic N) is 5. The number of amides is 1. The van der Waals surface area contributed by atoms with Crippen molar-refractivity contribution in [2.45, 2.75) is 45.7 Å². The largest absolute Gasteiger partial charge is 0.491 e. The summed E-state index contributed by atoms with van der Waals surface area (Å²) in [6, 6.07) is 10.9. The highest BCUT2D eigenvalue weighted by atomic mass is 16.5. The van der Waals surface area contributed by atoms with Crippen LogP contribution in [0.4, 0.5) is 0 Å². The maximum Gasteiger partial charge on any atom is 0.270 e. The van der Waals surface area contributed by atoms with Crippen LogP contribution in [0.25, 0.3) is 11.4 Å². The van der Waals surface area contributed by atoms with E-state index >= 15 is 0 Å². The van der Waals surface area contributed by atoms with E-state index in [1.54, 1.807) is 16.9 Å². The van der Waals surface area contributed by atoms with Crippen molar-refractivity contribution in [1.82, 2.24) is 30.5 Å². The third kappa shape index (κ3) is 6.83. The van der Waals surface area contributed by atoms with E-state index in [-0.39, 0.29) is 31.4 Å². The van der Waals surface area contributed by atoms with Gasteiger partial charge < -0.3 is 20.3 Å². The van der Waals surface area contributed by atoms with Crippen molar-refractivity contribution < 1.29 is 19.7 Å². The van der Waals surface area contributed by atoms with Crippen molar-refractivity contribution in [3.63, 3.8) is 0 Å². The van der Waals surface area contributed by atoms with E-state index in [1.165, 1.54) is 0 Å². The molecule has 2 heterocycles. The van der Waals surface area contributed by atoms with Crippen LogP contribution in [0.15, 0.2) is 36.4 Å². The van der Waals surface area contributed by atoms with Gasteiger partial charge in [-0.2, -0.15) is 4.80 Å². The topological polar surface area (TPSA) is 135 Å². The van der Waals surface area contributed by atoms with Crippen molar-refractivity contribution in [3.05, 3.63) is 53.3 Å². The fourth-order valence-electron chi connectivity index (χ4n) is 4.36. The Morgan fingerprint density at radius 2 is 1.94 bits per heavy atom. The third-order valence-corrected chi connectivity index (χ3v) is 6.25. The molecule has 1 aromatic carbocycles. The van der Waals surface area contributed by atoms with Gasteiger partial charge >= 0.3 is 0 Å². The highest BCUT2D eigenvalue weighted by Gasteiger charge is 2.22. The van der Waals surface area contributed by atoms with E-state index in [0.717, 1.165) is 31.2 Å². The average molecular weight is 481 g/mol. The highest BCUT2D eigenvalue weighted by Crippen LogP contribution is 2.29. The molecule has 2 aromatic heterocycles. The van der Waals surface area contributed by atoms with E-state index in [1.807, 2.05) is 31.2 Å². The molecule has 1 saturated carbocycles. The van der Waals surface area contributed by atoms with Crippen LogP contribution >= 0.6 is 0 Å². The first-order valence-electron chi connectivity index (χ1n) is 12.0. The van der Waals surface area contributed by atoms with Gasteiger partial charge in [-0.05, 0) is 79.5 Å². The number of benzene rings is 1. The van der Waals surface area contributed by atoms with Crippen molar-refractivity contribution in [2.24, 2.45) is 11.8 Å². The number of aliphatic hydroxyl groups is 2. The second-order valence-corrected chi connectivity index (χ2v) is 9.02. The molecule has 4 rings (SSSR count). The molecular weight excluding hydrogens is 448 g/mol. The number of tetrazole rings is 1. The second kappa shape index (κ2) is 11.9. The fourth-order valence-corrected chi connectivity index (χ4v) is 4.36. The minimum absolute atomic E-state index is 0.0590. The van der Waals surface area contributed by atoms with Crippen LogP contribution in [-0.2, 0) is 13.1 Å². The van der Waals surface area contributed by atoms with Crippen LogP contribution in [0.3, 0.4) is 0 Å². The number of carbonyl (C=O) groups excluding carboxylic acids is 1. The molecule has 0 radical (unpaired) electrons. The van der Waals surface area contributed by atoms with E-state index in [4.69, 9.17) is 9.84 Å². The van der Waals surface area contributed by atoms with Gasteiger partial charge in [0.2, 0.25) is 5.82 Å². The van der Waals surface area contributed by atoms with Crippen LogP contribution in [0.5, 0.6) is 5.75 Å². The van der Waals surface area contributed by atoms with Gasteiger partial charge in [-0.3, -0.25) is 4.79 Å². The van der Waals surface area contributed by atoms with E-state index in [0.29, 0.717) is 47.8 Å². The predicted molar refractivity (Wildman–Crippen MR) is 129 cm³/mol. The Hall–Kier alpha value is -3.37. The van der Waals surface area contributed by atoms with Gasteiger partial charge in [-0.15, -0.1) is 10.2 Å². The lowest BCUT2D eigenvalue weighted by atomic mass is 9.82. The van der Waals surface area contributed by atoms with Gasteiger partial charge in [-0.1, -0.05) is 12.1 Å².